The van der Waals surface area contributed by atoms with Gasteiger partial charge in [-0.2, -0.15) is 0 Å². The van der Waals surface area contributed by atoms with Gasteiger partial charge in [-0.05, 0) is 25.7 Å². The minimum absolute atomic E-state index is 0.270. The van der Waals surface area contributed by atoms with Crippen LogP contribution in [0.3, 0.4) is 0 Å². The quantitative estimate of drug-likeness (QED) is 0.560. The maximum atomic E-state index is 5.86. The van der Waals surface area contributed by atoms with Crippen molar-refractivity contribution in [3.8, 4) is 0 Å². The molecular formula is C10H23NO2. The van der Waals surface area contributed by atoms with Gasteiger partial charge in [0.25, 0.3) is 0 Å². The molecule has 0 aliphatic heterocycles. The zero-order valence-corrected chi connectivity index (χ0v) is 8.92. The Morgan fingerprint density at radius 3 is 2.54 bits per heavy atom. The molecule has 0 saturated carbocycles. The average Bonchev–Trinajstić information content (AvgIpc) is 2.13. The summed E-state index contributed by atoms with van der Waals surface area (Å²) < 4.78 is 10.3. The third-order valence-corrected chi connectivity index (χ3v) is 1.90. The second-order valence-corrected chi connectivity index (χ2v) is 3.30. The first-order valence-corrected chi connectivity index (χ1v) is 5.13. The van der Waals surface area contributed by atoms with Crippen molar-refractivity contribution in [3.05, 3.63) is 0 Å². The van der Waals surface area contributed by atoms with Gasteiger partial charge in [-0.25, -0.2) is 0 Å². The highest BCUT2D eigenvalue weighted by Crippen LogP contribution is 1.99. The molecule has 1 unspecified atom stereocenters. The van der Waals surface area contributed by atoms with Crippen LogP contribution in [0.15, 0.2) is 0 Å². The Morgan fingerprint density at radius 2 is 1.92 bits per heavy atom. The van der Waals surface area contributed by atoms with E-state index >= 15 is 0 Å². The van der Waals surface area contributed by atoms with Gasteiger partial charge >= 0.3 is 0 Å². The monoisotopic (exact) mass is 189 g/mol. The van der Waals surface area contributed by atoms with Crippen molar-refractivity contribution in [1.82, 2.24) is 0 Å². The lowest BCUT2D eigenvalue weighted by Crippen LogP contribution is -2.22. The van der Waals surface area contributed by atoms with Crippen LogP contribution >= 0.6 is 0 Å². The predicted octanol–water partition coefficient (Wildman–Crippen LogP) is 1.56. The highest BCUT2D eigenvalue weighted by atomic mass is 16.5. The normalized spacial score (nSPS) is 13.2. The average molecular weight is 189 g/mol. The summed E-state index contributed by atoms with van der Waals surface area (Å²) in [4.78, 5) is 0. The maximum Gasteiger partial charge on any atom is 0.0480 e. The van der Waals surface area contributed by atoms with E-state index in [-0.39, 0.29) is 6.04 Å². The Bertz CT molecular complexity index is 98.9. The van der Waals surface area contributed by atoms with Crippen LogP contribution in [-0.4, -0.2) is 33.0 Å². The second-order valence-electron chi connectivity index (χ2n) is 3.30. The van der Waals surface area contributed by atoms with Crippen LogP contribution < -0.4 is 5.73 Å². The van der Waals surface area contributed by atoms with E-state index in [1.54, 1.807) is 7.11 Å². The van der Waals surface area contributed by atoms with E-state index in [2.05, 4.69) is 6.92 Å². The highest BCUT2D eigenvalue weighted by Gasteiger charge is 2.01. The van der Waals surface area contributed by atoms with Crippen LogP contribution in [0.2, 0.25) is 0 Å². The van der Waals surface area contributed by atoms with E-state index in [4.69, 9.17) is 15.2 Å². The van der Waals surface area contributed by atoms with Crippen molar-refractivity contribution in [2.75, 3.05) is 26.9 Å². The van der Waals surface area contributed by atoms with Crippen LogP contribution in [-0.2, 0) is 9.47 Å². The maximum absolute atomic E-state index is 5.86. The summed E-state index contributed by atoms with van der Waals surface area (Å²) in [6.07, 6.45) is 4.12. The Balaban J connectivity index is 3.05. The van der Waals surface area contributed by atoms with Crippen LogP contribution in [0.4, 0.5) is 0 Å². The number of nitrogens with two attached hydrogens (primary N) is 1. The van der Waals surface area contributed by atoms with Gasteiger partial charge in [-0.15, -0.1) is 0 Å². The largest absolute Gasteiger partial charge is 0.385 e. The first-order valence-electron chi connectivity index (χ1n) is 5.13. The van der Waals surface area contributed by atoms with Gasteiger partial charge in [-0.1, -0.05) is 6.92 Å². The molecule has 1 atom stereocenters. The second kappa shape index (κ2) is 9.96. The molecule has 0 saturated heterocycles. The Kier molecular flexibility index (Phi) is 9.87. The van der Waals surface area contributed by atoms with E-state index in [0.717, 1.165) is 45.5 Å². The van der Waals surface area contributed by atoms with E-state index in [1.165, 1.54) is 0 Å². The molecule has 13 heavy (non-hydrogen) atoms. The molecule has 0 radical (unpaired) electrons. The van der Waals surface area contributed by atoms with Crippen molar-refractivity contribution in [3.63, 3.8) is 0 Å². The lowest BCUT2D eigenvalue weighted by molar-refractivity contribution is 0.125. The SMILES string of the molecule is CCCOCCC(N)CCCOC. The first kappa shape index (κ1) is 12.9. The van der Waals surface area contributed by atoms with Gasteiger partial charge in [0.2, 0.25) is 0 Å². The van der Waals surface area contributed by atoms with Crippen molar-refractivity contribution < 1.29 is 9.47 Å². The first-order chi connectivity index (χ1) is 6.31. The van der Waals surface area contributed by atoms with Gasteiger partial charge in [-0.3, -0.25) is 0 Å². The van der Waals surface area contributed by atoms with Gasteiger partial charge < -0.3 is 15.2 Å². The van der Waals surface area contributed by atoms with E-state index < -0.39 is 0 Å². The molecule has 0 bridgehead atoms. The summed E-state index contributed by atoms with van der Waals surface area (Å²) in [5.74, 6) is 0. The molecular weight excluding hydrogens is 166 g/mol. The lowest BCUT2D eigenvalue weighted by atomic mass is 10.1. The fraction of sp³-hybridized carbons (Fsp3) is 1.00. The summed E-state index contributed by atoms with van der Waals surface area (Å²) in [6, 6.07) is 0.270. The summed E-state index contributed by atoms with van der Waals surface area (Å²) >= 11 is 0. The summed E-state index contributed by atoms with van der Waals surface area (Å²) in [6.45, 7) is 4.56. The minimum atomic E-state index is 0.270. The molecule has 0 amide bonds. The summed E-state index contributed by atoms with van der Waals surface area (Å²) in [5, 5.41) is 0. The van der Waals surface area contributed by atoms with Gasteiger partial charge in [0.1, 0.15) is 0 Å². The molecule has 0 aromatic carbocycles. The van der Waals surface area contributed by atoms with E-state index in [1.807, 2.05) is 0 Å². The highest BCUT2D eigenvalue weighted by molar-refractivity contribution is 4.60. The fourth-order valence-corrected chi connectivity index (χ4v) is 1.12. The number of hydrogen-bond donors (Lipinski definition) is 1. The summed E-state index contributed by atoms with van der Waals surface area (Å²) in [7, 11) is 1.72. The number of rotatable bonds is 9. The molecule has 0 rings (SSSR count). The molecule has 0 fully saturated rings. The van der Waals surface area contributed by atoms with Gasteiger partial charge in [0.15, 0.2) is 0 Å². The van der Waals surface area contributed by atoms with Crippen molar-refractivity contribution in [2.45, 2.75) is 38.6 Å². The Morgan fingerprint density at radius 1 is 1.15 bits per heavy atom. The molecule has 0 aromatic rings. The molecule has 0 aliphatic rings. The molecule has 0 spiro atoms. The van der Waals surface area contributed by atoms with Crippen molar-refractivity contribution >= 4 is 0 Å². The Hall–Kier alpha value is -0.120. The Labute approximate surface area is 81.6 Å². The topological polar surface area (TPSA) is 44.5 Å². The molecule has 0 aliphatic carbocycles. The number of ether oxygens (including phenoxy) is 2. The lowest BCUT2D eigenvalue weighted by Gasteiger charge is -2.10. The zero-order valence-electron chi connectivity index (χ0n) is 8.92. The third-order valence-electron chi connectivity index (χ3n) is 1.90. The number of hydrogen-bond acceptors (Lipinski definition) is 3. The molecule has 3 heteroatoms. The summed E-state index contributed by atoms with van der Waals surface area (Å²) in [5.41, 5.74) is 5.86. The van der Waals surface area contributed by atoms with Crippen LogP contribution in [0.25, 0.3) is 0 Å². The molecule has 0 heterocycles. The van der Waals surface area contributed by atoms with Gasteiger partial charge in [0, 0.05) is 33.0 Å². The zero-order chi connectivity index (χ0) is 9.94. The standard InChI is InChI=1S/C10H23NO2/c1-3-7-13-9-6-10(11)5-4-8-12-2/h10H,3-9,11H2,1-2H3. The van der Waals surface area contributed by atoms with Crippen molar-refractivity contribution in [1.29, 1.82) is 0 Å². The minimum Gasteiger partial charge on any atom is -0.385 e. The third kappa shape index (κ3) is 9.80. The molecule has 2 N–H and O–H groups in total. The van der Waals surface area contributed by atoms with Crippen LogP contribution in [0, 0.1) is 0 Å². The predicted molar refractivity (Wildman–Crippen MR) is 54.8 cm³/mol. The van der Waals surface area contributed by atoms with Gasteiger partial charge in [0.05, 0.1) is 0 Å². The smallest absolute Gasteiger partial charge is 0.0480 e. The molecule has 0 aromatic heterocycles. The fourth-order valence-electron chi connectivity index (χ4n) is 1.12. The van der Waals surface area contributed by atoms with Crippen LogP contribution in [0.1, 0.15) is 32.6 Å². The van der Waals surface area contributed by atoms with Crippen molar-refractivity contribution in [2.24, 2.45) is 5.73 Å². The van der Waals surface area contributed by atoms with E-state index in [9.17, 15) is 0 Å². The molecule has 80 valence electrons. The molecule has 3 nitrogen and oxygen atoms in total. The number of methoxy groups -OCH3 is 1. The van der Waals surface area contributed by atoms with Crippen LogP contribution in [0.5, 0.6) is 0 Å². The van der Waals surface area contributed by atoms with E-state index in [0.29, 0.717) is 0 Å².